The number of carbonyl (C=O) groups excluding carboxylic acids is 1. The van der Waals surface area contributed by atoms with Gasteiger partial charge in [-0.2, -0.15) is 4.31 Å². The van der Waals surface area contributed by atoms with Crippen molar-refractivity contribution in [1.29, 1.82) is 0 Å². The molecule has 1 N–H and O–H groups in total. The first-order valence-electron chi connectivity index (χ1n) is 8.40. The monoisotopic (exact) mass is 389 g/mol. The maximum atomic E-state index is 12.6. The highest BCUT2D eigenvalue weighted by Gasteiger charge is 2.25. The smallest absolute Gasteiger partial charge is 0.270 e. The van der Waals surface area contributed by atoms with E-state index in [1.165, 1.54) is 36.4 Å². The Balaban J connectivity index is 1.70. The van der Waals surface area contributed by atoms with E-state index in [9.17, 15) is 23.3 Å². The van der Waals surface area contributed by atoms with E-state index >= 15 is 0 Å². The molecule has 9 heteroatoms. The van der Waals surface area contributed by atoms with Crippen LogP contribution in [0, 0.1) is 10.1 Å². The molecular formula is C18H19N3O5S. The number of hydrogen-bond donors (Lipinski definition) is 1. The Morgan fingerprint density at radius 3 is 2.67 bits per heavy atom. The Labute approximate surface area is 157 Å². The minimum atomic E-state index is -4.02. The van der Waals surface area contributed by atoms with Crippen molar-refractivity contribution in [3.8, 4) is 0 Å². The molecule has 0 atom stereocenters. The zero-order valence-electron chi connectivity index (χ0n) is 14.7. The molecule has 0 aliphatic heterocycles. The van der Waals surface area contributed by atoms with E-state index in [1.807, 2.05) is 12.1 Å². The van der Waals surface area contributed by atoms with Crippen LogP contribution >= 0.6 is 0 Å². The molecule has 0 saturated heterocycles. The van der Waals surface area contributed by atoms with Gasteiger partial charge >= 0.3 is 0 Å². The standard InChI is InChI=1S/C18H19N3O5S/c1-20(27(25,26)17-7-3-6-16(11-17)21(23)24)12-18(22)19-15-9-8-13-4-2-5-14(13)10-15/h3,6-11H,2,4-5,12H2,1H3,(H,19,22). The lowest BCUT2D eigenvalue weighted by Crippen LogP contribution is -2.35. The van der Waals surface area contributed by atoms with Crippen molar-refractivity contribution in [2.75, 3.05) is 18.9 Å². The molecule has 27 heavy (non-hydrogen) atoms. The van der Waals surface area contributed by atoms with Gasteiger partial charge in [-0.3, -0.25) is 14.9 Å². The number of carbonyl (C=O) groups is 1. The summed E-state index contributed by atoms with van der Waals surface area (Å²) in [5.74, 6) is -0.482. The summed E-state index contributed by atoms with van der Waals surface area (Å²) in [5, 5.41) is 13.5. The number of nitrogens with zero attached hydrogens (tertiary/aromatic N) is 2. The number of nitrogens with one attached hydrogen (secondary N) is 1. The predicted molar refractivity (Wildman–Crippen MR) is 100 cm³/mol. The number of nitro benzene ring substituents is 1. The third-order valence-electron chi connectivity index (χ3n) is 4.49. The molecule has 3 rings (SSSR count). The Morgan fingerprint density at radius 2 is 1.93 bits per heavy atom. The number of amides is 1. The van der Waals surface area contributed by atoms with Crippen LogP contribution in [0.2, 0.25) is 0 Å². The Morgan fingerprint density at radius 1 is 1.19 bits per heavy atom. The van der Waals surface area contributed by atoms with E-state index in [-0.39, 0.29) is 10.6 Å². The van der Waals surface area contributed by atoms with Crippen LogP contribution < -0.4 is 5.32 Å². The van der Waals surface area contributed by atoms with Crippen LogP contribution in [-0.2, 0) is 27.7 Å². The number of benzene rings is 2. The maximum Gasteiger partial charge on any atom is 0.270 e. The van der Waals surface area contributed by atoms with Gasteiger partial charge in [-0.1, -0.05) is 12.1 Å². The molecule has 0 radical (unpaired) electrons. The van der Waals surface area contributed by atoms with Gasteiger partial charge in [0.05, 0.1) is 16.4 Å². The van der Waals surface area contributed by atoms with Gasteiger partial charge in [0.2, 0.25) is 15.9 Å². The first-order valence-corrected chi connectivity index (χ1v) is 9.84. The van der Waals surface area contributed by atoms with Gasteiger partial charge in [0.25, 0.3) is 5.69 Å². The van der Waals surface area contributed by atoms with Crippen LogP contribution in [0.1, 0.15) is 17.5 Å². The summed E-state index contributed by atoms with van der Waals surface area (Å²) >= 11 is 0. The molecule has 1 aliphatic rings. The largest absolute Gasteiger partial charge is 0.325 e. The fourth-order valence-corrected chi connectivity index (χ4v) is 4.24. The molecule has 0 spiro atoms. The minimum absolute atomic E-state index is 0.232. The van der Waals surface area contributed by atoms with Gasteiger partial charge in [-0.25, -0.2) is 8.42 Å². The number of anilines is 1. The molecule has 0 aromatic heterocycles. The topological polar surface area (TPSA) is 110 Å². The van der Waals surface area contributed by atoms with Gasteiger partial charge < -0.3 is 5.32 Å². The number of sulfonamides is 1. The van der Waals surface area contributed by atoms with Crippen LogP contribution in [0.15, 0.2) is 47.4 Å². The summed E-state index contributed by atoms with van der Waals surface area (Å²) in [6.07, 6.45) is 3.10. The highest BCUT2D eigenvalue weighted by atomic mass is 32.2. The Hall–Kier alpha value is -2.78. The average Bonchev–Trinajstić information content (AvgIpc) is 3.09. The van der Waals surface area contributed by atoms with E-state index in [1.54, 1.807) is 6.07 Å². The normalized spacial score (nSPS) is 13.4. The maximum absolute atomic E-state index is 12.6. The summed E-state index contributed by atoms with van der Waals surface area (Å²) in [6, 6.07) is 10.4. The number of fused-ring (bicyclic) bond motifs is 1. The lowest BCUT2D eigenvalue weighted by Gasteiger charge is -2.17. The summed E-state index contributed by atoms with van der Waals surface area (Å²) in [5.41, 5.74) is 2.78. The quantitative estimate of drug-likeness (QED) is 0.602. The van der Waals surface area contributed by atoms with Gasteiger partial charge in [-0.05, 0) is 48.6 Å². The SMILES string of the molecule is CN(CC(=O)Nc1ccc2c(c1)CCC2)S(=O)(=O)c1cccc([N+](=O)[O-])c1. The van der Waals surface area contributed by atoms with Crippen molar-refractivity contribution < 1.29 is 18.1 Å². The highest BCUT2D eigenvalue weighted by molar-refractivity contribution is 7.89. The van der Waals surface area contributed by atoms with E-state index in [2.05, 4.69) is 5.32 Å². The number of aryl methyl sites for hydroxylation is 2. The second-order valence-corrected chi connectivity index (χ2v) is 8.45. The third-order valence-corrected chi connectivity index (χ3v) is 6.28. The lowest BCUT2D eigenvalue weighted by molar-refractivity contribution is -0.385. The molecule has 0 bridgehead atoms. The van der Waals surface area contributed by atoms with Gasteiger partial charge in [0.15, 0.2) is 0 Å². The molecule has 8 nitrogen and oxygen atoms in total. The molecule has 0 heterocycles. The number of likely N-dealkylation sites (N-methyl/N-ethyl adjacent to an activating group) is 1. The van der Waals surface area contributed by atoms with Crippen LogP contribution in [0.5, 0.6) is 0 Å². The first-order chi connectivity index (χ1) is 12.8. The summed E-state index contributed by atoms with van der Waals surface area (Å²) < 4.78 is 26.0. The zero-order chi connectivity index (χ0) is 19.6. The second kappa shape index (κ2) is 7.45. The minimum Gasteiger partial charge on any atom is -0.325 e. The number of non-ortho nitro benzene ring substituents is 1. The van der Waals surface area contributed by atoms with Gasteiger partial charge in [0, 0.05) is 24.9 Å². The molecule has 2 aromatic carbocycles. The first kappa shape index (κ1) is 19.0. The van der Waals surface area contributed by atoms with Crippen LogP contribution in [-0.4, -0.2) is 37.1 Å². The number of hydrogen-bond acceptors (Lipinski definition) is 5. The molecule has 0 fully saturated rings. The van der Waals surface area contributed by atoms with Crippen molar-refractivity contribution in [3.63, 3.8) is 0 Å². The fourth-order valence-electron chi connectivity index (χ4n) is 3.07. The third kappa shape index (κ3) is 4.15. The van der Waals surface area contributed by atoms with E-state index in [0.717, 1.165) is 29.6 Å². The van der Waals surface area contributed by atoms with Gasteiger partial charge in [-0.15, -0.1) is 0 Å². The van der Waals surface area contributed by atoms with E-state index in [0.29, 0.717) is 5.69 Å². The molecule has 0 saturated carbocycles. The Kier molecular flexibility index (Phi) is 5.24. The number of nitro groups is 1. The highest BCUT2D eigenvalue weighted by Crippen LogP contribution is 2.25. The zero-order valence-corrected chi connectivity index (χ0v) is 15.5. The summed E-state index contributed by atoms with van der Waals surface area (Å²) in [4.78, 5) is 22.2. The lowest BCUT2D eigenvalue weighted by atomic mass is 10.1. The molecule has 2 aromatic rings. The van der Waals surface area contributed by atoms with E-state index < -0.39 is 27.4 Å². The summed E-state index contributed by atoms with van der Waals surface area (Å²) in [7, 11) is -2.76. The average molecular weight is 389 g/mol. The van der Waals surface area contributed by atoms with Crippen molar-refractivity contribution in [2.24, 2.45) is 0 Å². The predicted octanol–water partition coefficient (Wildman–Crippen LogP) is 2.34. The van der Waals surface area contributed by atoms with Gasteiger partial charge in [0.1, 0.15) is 0 Å². The molecular weight excluding hydrogens is 370 g/mol. The van der Waals surface area contributed by atoms with Crippen molar-refractivity contribution in [2.45, 2.75) is 24.2 Å². The summed E-state index contributed by atoms with van der Waals surface area (Å²) in [6.45, 7) is -0.401. The molecule has 1 amide bonds. The van der Waals surface area contributed by atoms with E-state index in [4.69, 9.17) is 0 Å². The van der Waals surface area contributed by atoms with Crippen LogP contribution in [0.4, 0.5) is 11.4 Å². The Bertz CT molecular complexity index is 1000. The molecule has 0 unspecified atom stereocenters. The molecule has 1 aliphatic carbocycles. The van der Waals surface area contributed by atoms with Crippen molar-refractivity contribution in [1.82, 2.24) is 4.31 Å². The van der Waals surface area contributed by atoms with Crippen LogP contribution in [0.25, 0.3) is 0 Å². The van der Waals surface area contributed by atoms with Crippen molar-refractivity contribution >= 4 is 27.3 Å². The number of rotatable bonds is 6. The van der Waals surface area contributed by atoms with Crippen molar-refractivity contribution in [3.05, 3.63) is 63.7 Å². The second-order valence-electron chi connectivity index (χ2n) is 6.40. The molecule has 142 valence electrons. The fraction of sp³-hybridized carbons (Fsp3) is 0.278. The van der Waals surface area contributed by atoms with Crippen LogP contribution in [0.3, 0.4) is 0 Å².